The van der Waals surface area contributed by atoms with Gasteiger partial charge in [0.25, 0.3) is 0 Å². The van der Waals surface area contributed by atoms with Crippen LogP contribution < -0.4 is 10.1 Å². The van der Waals surface area contributed by atoms with Crippen LogP contribution in [0.4, 0.5) is 0 Å². The highest BCUT2D eigenvalue weighted by Gasteiger charge is 2.29. The third-order valence-electron chi connectivity index (χ3n) is 4.74. The smallest absolute Gasteiger partial charge is 0.124 e. The summed E-state index contributed by atoms with van der Waals surface area (Å²) in [6.07, 6.45) is 4.28. The van der Waals surface area contributed by atoms with Gasteiger partial charge in [-0.15, -0.1) is 0 Å². The van der Waals surface area contributed by atoms with Crippen LogP contribution in [0.25, 0.3) is 0 Å². The van der Waals surface area contributed by atoms with E-state index < -0.39 is 0 Å². The first-order chi connectivity index (χ1) is 9.99. The highest BCUT2D eigenvalue weighted by molar-refractivity contribution is 5.35. The number of hydrogen-bond acceptors (Lipinski definition) is 2. The van der Waals surface area contributed by atoms with E-state index in [9.17, 15) is 0 Å². The van der Waals surface area contributed by atoms with Crippen molar-refractivity contribution in [2.24, 2.45) is 11.8 Å². The van der Waals surface area contributed by atoms with Crippen LogP contribution in [-0.2, 0) is 0 Å². The first kappa shape index (κ1) is 16.4. The molecule has 2 nitrogen and oxygen atoms in total. The molecule has 1 N–H and O–H groups in total. The van der Waals surface area contributed by atoms with E-state index in [1.165, 1.54) is 24.8 Å². The molecule has 118 valence electrons. The Morgan fingerprint density at radius 1 is 1.05 bits per heavy atom. The van der Waals surface area contributed by atoms with Crippen molar-refractivity contribution in [2.45, 2.75) is 72.1 Å². The highest BCUT2D eigenvalue weighted by Crippen LogP contribution is 2.32. The summed E-state index contributed by atoms with van der Waals surface area (Å²) >= 11 is 0. The standard InChI is InChI=1S/C19H31NO/c1-13(2)21-18-12-7-6-11-17(18)16(5)20-19-14(3)9-8-10-15(19)4/h6-7,11-16,19-20H,8-10H2,1-5H3. The first-order valence-electron chi connectivity index (χ1n) is 8.50. The minimum Gasteiger partial charge on any atom is -0.491 e. The maximum Gasteiger partial charge on any atom is 0.124 e. The number of ether oxygens (including phenoxy) is 1. The summed E-state index contributed by atoms with van der Waals surface area (Å²) in [5.74, 6) is 2.53. The molecule has 1 fully saturated rings. The molecule has 0 amide bonds. The lowest BCUT2D eigenvalue weighted by molar-refractivity contribution is 0.192. The van der Waals surface area contributed by atoms with Gasteiger partial charge in [0.2, 0.25) is 0 Å². The Bertz CT molecular complexity index is 433. The molecule has 1 aliphatic carbocycles. The Balaban J connectivity index is 2.10. The number of rotatable bonds is 5. The van der Waals surface area contributed by atoms with Gasteiger partial charge in [0.05, 0.1) is 6.10 Å². The number of para-hydroxylation sites is 1. The van der Waals surface area contributed by atoms with Gasteiger partial charge >= 0.3 is 0 Å². The van der Waals surface area contributed by atoms with E-state index in [0.717, 1.165) is 17.6 Å². The van der Waals surface area contributed by atoms with Gasteiger partial charge in [-0.05, 0) is 51.5 Å². The average molecular weight is 289 g/mol. The minimum atomic E-state index is 0.214. The van der Waals surface area contributed by atoms with E-state index in [1.807, 2.05) is 0 Å². The van der Waals surface area contributed by atoms with Crippen LogP contribution in [0.2, 0.25) is 0 Å². The molecule has 1 aliphatic rings. The van der Waals surface area contributed by atoms with E-state index in [-0.39, 0.29) is 6.10 Å². The van der Waals surface area contributed by atoms with Crippen LogP contribution in [0.15, 0.2) is 24.3 Å². The zero-order valence-electron chi connectivity index (χ0n) is 14.2. The Morgan fingerprint density at radius 2 is 1.67 bits per heavy atom. The summed E-state index contributed by atoms with van der Waals surface area (Å²) in [4.78, 5) is 0. The van der Waals surface area contributed by atoms with Crippen LogP contribution in [-0.4, -0.2) is 12.1 Å². The van der Waals surface area contributed by atoms with Gasteiger partial charge in [0.15, 0.2) is 0 Å². The van der Waals surface area contributed by atoms with Gasteiger partial charge < -0.3 is 10.1 Å². The summed E-state index contributed by atoms with van der Waals surface area (Å²) in [7, 11) is 0. The second kappa shape index (κ2) is 7.31. The Kier molecular flexibility index (Phi) is 5.69. The molecule has 0 aromatic heterocycles. The molecule has 3 atom stereocenters. The number of benzene rings is 1. The van der Waals surface area contributed by atoms with Gasteiger partial charge in [-0.2, -0.15) is 0 Å². The second-order valence-electron chi connectivity index (χ2n) is 7.00. The SMILES string of the molecule is CC(C)Oc1ccccc1C(C)NC1C(C)CCCC1C. The van der Waals surface area contributed by atoms with Crippen molar-refractivity contribution in [1.29, 1.82) is 0 Å². The van der Waals surface area contributed by atoms with Gasteiger partial charge in [0, 0.05) is 17.6 Å². The van der Waals surface area contributed by atoms with Crippen LogP contribution in [0.1, 0.15) is 65.5 Å². The Labute approximate surface area is 130 Å². The van der Waals surface area contributed by atoms with Crippen molar-refractivity contribution >= 4 is 0 Å². The third-order valence-corrected chi connectivity index (χ3v) is 4.74. The predicted octanol–water partition coefficient (Wildman–Crippen LogP) is 4.95. The maximum absolute atomic E-state index is 5.97. The topological polar surface area (TPSA) is 21.3 Å². The molecular formula is C19H31NO. The first-order valence-corrected chi connectivity index (χ1v) is 8.50. The lowest BCUT2D eigenvalue weighted by Crippen LogP contribution is -2.43. The second-order valence-corrected chi connectivity index (χ2v) is 7.00. The number of nitrogens with one attached hydrogen (secondary N) is 1. The largest absolute Gasteiger partial charge is 0.491 e. The van der Waals surface area contributed by atoms with Gasteiger partial charge in [0.1, 0.15) is 5.75 Å². The minimum absolute atomic E-state index is 0.214. The lowest BCUT2D eigenvalue weighted by Gasteiger charge is -2.37. The van der Waals surface area contributed by atoms with Gasteiger partial charge in [-0.3, -0.25) is 0 Å². The zero-order chi connectivity index (χ0) is 15.4. The normalized spacial score (nSPS) is 27.6. The fourth-order valence-corrected chi connectivity index (χ4v) is 3.59. The third kappa shape index (κ3) is 4.23. The lowest BCUT2D eigenvalue weighted by atomic mass is 9.78. The zero-order valence-corrected chi connectivity index (χ0v) is 14.2. The fourth-order valence-electron chi connectivity index (χ4n) is 3.59. The van der Waals surface area contributed by atoms with E-state index in [4.69, 9.17) is 4.74 Å². The predicted molar refractivity (Wildman–Crippen MR) is 89.7 cm³/mol. The van der Waals surface area contributed by atoms with Gasteiger partial charge in [-0.1, -0.05) is 38.5 Å². The van der Waals surface area contributed by atoms with Crippen LogP contribution >= 0.6 is 0 Å². The molecule has 1 saturated carbocycles. The molecule has 0 heterocycles. The van der Waals surface area contributed by atoms with Crippen molar-refractivity contribution in [3.05, 3.63) is 29.8 Å². The fraction of sp³-hybridized carbons (Fsp3) is 0.684. The van der Waals surface area contributed by atoms with Crippen molar-refractivity contribution in [2.75, 3.05) is 0 Å². The van der Waals surface area contributed by atoms with E-state index >= 15 is 0 Å². The van der Waals surface area contributed by atoms with E-state index in [2.05, 4.69) is 64.2 Å². The van der Waals surface area contributed by atoms with Crippen molar-refractivity contribution in [3.63, 3.8) is 0 Å². The summed E-state index contributed by atoms with van der Waals surface area (Å²) < 4.78 is 5.97. The van der Waals surface area contributed by atoms with Crippen molar-refractivity contribution in [3.8, 4) is 5.75 Å². The summed E-state index contributed by atoms with van der Waals surface area (Å²) in [5, 5.41) is 3.87. The molecule has 2 rings (SSSR count). The van der Waals surface area contributed by atoms with E-state index in [1.54, 1.807) is 0 Å². The number of hydrogen-bond donors (Lipinski definition) is 1. The van der Waals surface area contributed by atoms with Crippen LogP contribution in [0.3, 0.4) is 0 Å². The summed E-state index contributed by atoms with van der Waals surface area (Å²) in [5.41, 5.74) is 1.27. The molecule has 0 aliphatic heterocycles. The quantitative estimate of drug-likeness (QED) is 0.828. The molecule has 0 radical (unpaired) electrons. The van der Waals surface area contributed by atoms with Gasteiger partial charge in [-0.25, -0.2) is 0 Å². The van der Waals surface area contributed by atoms with Crippen LogP contribution in [0, 0.1) is 11.8 Å². The summed E-state index contributed by atoms with van der Waals surface area (Å²) in [6.45, 7) is 11.2. The monoisotopic (exact) mass is 289 g/mol. The molecule has 1 aromatic rings. The Morgan fingerprint density at radius 3 is 2.29 bits per heavy atom. The molecule has 0 spiro atoms. The highest BCUT2D eigenvalue weighted by atomic mass is 16.5. The van der Waals surface area contributed by atoms with Crippen LogP contribution in [0.5, 0.6) is 5.75 Å². The molecule has 0 bridgehead atoms. The summed E-state index contributed by atoms with van der Waals surface area (Å²) in [6, 6.07) is 9.37. The Hall–Kier alpha value is -1.02. The molecule has 0 saturated heterocycles. The van der Waals surface area contributed by atoms with Crippen molar-refractivity contribution in [1.82, 2.24) is 5.32 Å². The molecule has 2 heteroatoms. The molecular weight excluding hydrogens is 258 g/mol. The molecule has 3 unspecified atom stereocenters. The molecule has 1 aromatic carbocycles. The molecule has 21 heavy (non-hydrogen) atoms. The average Bonchev–Trinajstić information content (AvgIpc) is 2.43. The van der Waals surface area contributed by atoms with E-state index in [0.29, 0.717) is 12.1 Å². The van der Waals surface area contributed by atoms with Crippen molar-refractivity contribution < 1.29 is 4.74 Å². The maximum atomic E-state index is 5.97.